The predicted molar refractivity (Wildman–Crippen MR) is 71.5 cm³/mol. The van der Waals surface area contributed by atoms with Gasteiger partial charge in [-0.05, 0) is 31.4 Å². The normalized spacial score (nSPS) is 22.4. The number of nitrogens with zero attached hydrogens (tertiary/aromatic N) is 1. The van der Waals surface area contributed by atoms with E-state index in [1.807, 2.05) is 6.08 Å². The molecule has 5 nitrogen and oxygen atoms in total. The van der Waals surface area contributed by atoms with Crippen molar-refractivity contribution in [3.8, 4) is 0 Å². The van der Waals surface area contributed by atoms with E-state index in [0.717, 1.165) is 6.42 Å². The van der Waals surface area contributed by atoms with Crippen LogP contribution in [0, 0.1) is 5.41 Å². The summed E-state index contributed by atoms with van der Waals surface area (Å²) in [5.41, 5.74) is -0.169. The Bertz CT molecular complexity index is 596. The first-order valence-corrected chi connectivity index (χ1v) is 7.68. The zero-order valence-corrected chi connectivity index (χ0v) is 11.5. The van der Waals surface area contributed by atoms with Gasteiger partial charge in [0.05, 0.1) is 11.2 Å². The highest BCUT2D eigenvalue weighted by molar-refractivity contribution is 7.89. The van der Waals surface area contributed by atoms with Crippen molar-refractivity contribution >= 4 is 15.9 Å². The van der Waals surface area contributed by atoms with E-state index in [1.54, 1.807) is 31.3 Å². The van der Waals surface area contributed by atoms with Crippen molar-refractivity contribution in [1.82, 2.24) is 9.71 Å². The van der Waals surface area contributed by atoms with Crippen molar-refractivity contribution < 1.29 is 13.2 Å². The van der Waals surface area contributed by atoms with Gasteiger partial charge >= 0.3 is 0 Å². The molecule has 6 heteroatoms. The van der Waals surface area contributed by atoms with Crippen LogP contribution >= 0.6 is 0 Å². The van der Waals surface area contributed by atoms with Crippen molar-refractivity contribution in [1.29, 1.82) is 0 Å². The fourth-order valence-electron chi connectivity index (χ4n) is 2.00. The lowest BCUT2D eigenvalue weighted by Gasteiger charge is -2.20. The lowest BCUT2D eigenvalue weighted by molar-refractivity contribution is -0.125. The number of sulfonamides is 1. The molecule has 0 saturated carbocycles. The number of carbonyl (C=O) groups is 1. The quantitative estimate of drug-likeness (QED) is 0.845. The predicted octanol–water partition coefficient (Wildman–Crippen LogP) is 1.38. The van der Waals surface area contributed by atoms with Gasteiger partial charge in [-0.2, -0.15) is 0 Å². The molecule has 0 radical (unpaired) electrons. The second-order valence-corrected chi connectivity index (χ2v) is 6.63. The number of nitrogens with one attached hydrogen (secondary N) is 1. The monoisotopic (exact) mass is 280 g/mol. The standard InChI is InChI=1S/C13H16N2O3S/c1-13(6-2-3-7-13)12(16)15-19(17,18)10-11-5-4-8-14-9-11/h2,4-6,8-9H,3,7,10H2,1H3,(H,15,16). The van der Waals surface area contributed by atoms with Crippen molar-refractivity contribution in [2.45, 2.75) is 25.5 Å². The van der Waals surface area contributed by atoms with Gasteiger partial charge in [-0.15, -0.1) is 0 Å². The molecule has 0 bridgehead atoms. The van der Waals surface area contributed by atoms with E-state index in [1.165, 1.54) is 6.20 Å². The van der Waals surface area contributed by atoms with Crippen LogP contribution in [0.15, 0.2) is 36.7 Å². The lowest BCUT2D eigenvalue weighted by atomic mass is 9.90. The average Bonchev–Trinajstić information content (AvgIpc) is 2.77. The van der Waals surface area contributed by atoms with Crippen LogP contribution in [-0.2, 0) is 20.6 Å². The van der Waals surface area contributed by atoms with Gasteiger partial charge < -0.3 is 0 Å². The van der Waals surface area contributed by atoms with Crippen LogP contribution < -0.4 is 4.72 Å². The zero-order valence-electron chi connectivity index (χ0n) is 10.7. The summed E-state index contributed by atoms with van der Waals surface area (Å²) in [5, 5.41) is 0. The Hall–Kier alpha value is -1.69. The van der Waals surface area contributed by atoms with Crippen LogP contribution in [0.4, 0.5) is 0 Å². The number of allylic oxidation sites excluding steroid dienone is 1. The molecule has 102 valence electrons. The minimum Gasteiger partial charge on any atom is -0.273 e. The Labute approximate surface area is 112 Å². The maximum Gasteiger partial charge on any atom is 0.243 e. The topological polar surface area (TPSA) is 76.1 Å². The van der Waals surface area contributed by atoms with Gasteiger partial charge in [0.1, 0.15) is 0 Å². The van der Waals surface area contributed by atoms with Crippen molar-refractivity contribution in [3.05, 3.63) is 42.2 Å². The van der Waals surface area contributed by atoms with E-state index in [4.69, 9.17) is 0 Å². The summed E-state index contributed by atoms with van der Waals surface area (Å²) in [6.07, 6.45) is 8.14. The number of pyridine rings is 1. The van der Waals surface area contributed by atoms with Crippen LogP contribution in [0.1, 0.15) is 25.3 Å². The highest BCUT2D eigenvalue weighted by atomic mass is 32.2. The Morgan fingerprint density at radius 1 is 1.53 bits per heavy atom. The summed E-state index contributed by atoms with van der Waals surface area (Å²) in [4.78, 5) is 15.9. The molecule has 1 aliphatic carbocycles. The van der Waals surface area contributed by atoms with Crippen LogP contribution in [0.5, 0.6) is 0 Å². The van der Waals surface area contributed by atoms with E-state index < -0.39 is 21.3 Å². The van der Waals surface area contributed by atoms with Crippen molar-refractivity contribution in [2.24, 2.45) is 5.41 Å². The number of rotatable bonds is 4. The fourth-order valence-corrected chi connectivity index (χ4v) is 3.19. The first-order valence-electron chi connectivity index (χ1n) is 6.03. The Kier molecular flexibility index (Phi) is 3.71. The average molecular weight is 280 g/mol. The molecule has 0 aromatic carbocycles. The van der Waals surface area contributed by atoms with E-state index in [2.05, 4.69) is 9.71 Å². The van der Waals surface area contributed by atoms with Crippen LogP contribution in [0.3, 0.4) is 0 Å². The zero-order chi connectivity index (χ0) is 13.9. The van der Waals surface area contributed by atoms with Crippen LogP contribution in [0.2, 0.25) is 0 Å². The van der Waals surface area contributed by atoms with E-state index >= 15 is 0 Å². The molecule has 1 heterocycles. The molecule has 1 atom stereocenters. The summed E-state index contributed by atoms with van der Waals surface area (Å²) < 4.78 is 26.0. The summed E-state index contributed by atoms with van der Waals surface area (Å²) in [6.45, 7) is 1.74. The smallest absolute Gasteiger partial charge is 0.243 e. The second-order valence-electron chi connectivity index (χ2n) is 4.91. The van der Waals surface area contributed by atoms with Gasteiger partial charge in [0.15, 0.2) is 0 Å². The summed E-state index contributed by atoms with van der Waals surface area (Å²) in [7, 11) is -3.68. The molecule has 19 heavy (non-hydrogen) atoms. The Balaban J connectivity index is 2.06. The molecule has 1 aromatic heterocycles. The van der Waals surface area contributed by atoms with Gasteiger partial charge in [-0.25, -0.2) is 8.42 Å². The molecule has 1 amide bonds. The first kappa shape index (κ1) is 13.7. The minimum absolute atomic E-state index is 0.244. The molecule has 1 aromatic rings. The third-order valence-electron chi connectivity index (χ3n) is 3.16. The Morgan fingerprint density at radius 3 is 2.89 bits per heavy atom. The number of amides is 1. The molecular weight excluding hydrogens is 264 g/mol. The van der Waals surface area contributed by atoms with Gasteiger partial charge in [-0.1, -0.05) is 18.2 Å². The molecule has 1 N–H and O–H groups in total. The molecule has 0 spiro atoms. The van der Waals surface area contributed by atoms with E-state index in [-0.39, 0.29) is 5.75 Å². The van der Waals surface area contributed by atoms with Gasteiger partial charge in [0, 0.05) is 12.4 Å². The SMILES string of the molecule is CC1(C(=O)NS(=O)(=O)Cc2cccnc2)C=CCC1. The number of aromatic nitrogens is 1. The minimum atomic E-state index is -3.68. The summed E-state index contributed by atoms with van der Waals surface area (Å²) >= 11 is 0. The molecule has 0 saturated heterocycles. The summed E-state index contributed by atoms with van der Waals surface area (Å²) in [5.74, 6) is -0.711. The van der Waals surface area contributed by atoms with Crippen LogP contribution in [0.25, 0.3) is 0 Å². The molecule has 2 rings (SSSR count). The molecular formula is C13H16N2O3S. The molecule has 1 unspecified atom stereocenters. The number of hydrogen-bond acceptors (Lipinski definition) is 4. The van der Waals surface area contributed by atoms with E-state index in [9.17, 15) is 13.2 Å². The molecule has 0 fully saturated rings. The Morgan fingerprint density at radius 2 is 2.32 bits per heavy atom. The van der Waals surface area contributed by atoms with Crippen molar-refractivity contribution in [3.63, 3.8) is 0 Å². The van der Waals surface area contributed by atoms with E-state index in [0.29, 0.717) is 12.0 Å². The third kappa shape index (κ3) is 3.41. The number of hydrogen-bond donors (Lipinski definition) is 1. The highest BCUT2D eigenvalue weighted by Gasteiger charge is 2.34. The van der Waals surface area contributed by atoms with Crippen molar-refractivity contribution in [2.75, 3.05) is 0 Å². The maximum atomic E-state index is 12.0. The lowest BCUT2D eigenvalue weighted by Crippen LogP contribution is -2.40. The number of carbonyl (C=O) groups excluding carboxylic acids is 1. The largest absolute Gasteiger partial charge is 0.273 e. The van der Waals surface area contributed by atoms with Gasteiger partial charge in [-0.3, -0.25) is 14.5 Å². The second kappa shape index (κ2) is 5.13. The first-order chi connectivity index (χ1) is 8.91. The maximum absolute atomic E-state index is 12.0. The molecule has 1 aliphatic rings. The third-order valence-corrected chi connectivity index (χ3v) is 4.37. The highest BCUT2D eigenvalue weighted by Crippen LogP contribution is 2.31. The van der Waals surface area contributed by atoms with Crippen LogP contribution in [-0.4, -0.2) is 19.3 Å². The molecule has 0 aliphatic heterocycles. The summed E-state index contributed by atoms with van der Waals surface area (Å²) in [6, 6.07) is 3.32. The van der Waals surface area contributed by atoms with Gasteiger partial charge in [0.2, 0.25) is 15.9 Å². The fraction of sp³-hybridized carbons (Fsp3) is 0.385. The van der Waals surface area contributed by atoms with Gasteiger partial charge in [0.25, 0.3) is 0 Å².